The van der Waals surface area contributed by atoms with E-state index in [1.807, 2.05) is 12.1 Å². The van der Waals surface area contributed by atoms with Crippen LogP contribution in [0.5, 0.6) is 0 Å². The van der Waals surface area contributed by atoms with Gasteiger partial charge < -0.3 is 10.1 Å². The third kappa shape index (κ3) is 3.50. The van der Waals surface area contributed by atoms with Crippen molar-refractivity contribution < 1.29 is 14.3 Å². The number of carbonyl (C=O) groups is 2. The molecule has 2 aliphatic rings. The molecule has 0 bridgehead atoms. The van der Waals surface area contributed by atoms with E-state index in [1.54, 1.807) is 0 Å². The van der Waals surface area contributed by atoms with Crippen molar-refractivity contribution in [3.63, 3.8) is 0 Å². The lowest BCUT2D eigenvalue weighted by Gasteiger charge is -2.27. The Morgan fingerprint density at radius 3 is 2.67 bits per heavy atom. The smallest absolute Gasteiger partial charge is 0.223 e. The second kappa shape index (κ2) is 6.39. The van der Waals surface area contributed by atoms with Crippen molar-refractivity contribution in [1.29, 1.82) is 0 Å². The van der Waals surface area contributed by atoms with E-state index in [1.165, 1.54) is 11.1 Å². The average Bonchev–Trinajstić information content (AvgIpc) is 2.53. The molecule has 1 aliphatic heterocycles. The van der Waals surface area contributed by atoms with Crippen molar-refractivity contribution in [3.05, 3.63) is 35.4 Å². The van der Waals surface area contributed by atoms with Crippen LogP contribution in [0.4, 0.5) is 0 Å². The standard InChI is InChI=1S/C17H21NO3/c19-15-7-5-12(6-8-15)17(20)18-10-16-9-13-3-1-2-4-14(13)11-21-16/h1-4,12,16H,5-11H2,(H,18,20). The van der Waals surface area contributed by atoms with E-state index in [-0.39, 0.29) is 23.7 Å². The highest BCUT2D eigenvalue weighted by atomic mass is 16.5. The van der Waals surface area contributed by atoms with Crippen LogP contribution in [-0.2, 0) is 27.4 Å². The van der Waals surface area contributed by atoms with Crippen LogP contribution in [0.1, 0.15) is 36.8 Å². The van der Waals surface area contributed by atoms with Gasteiger partial charge >= 0.3 is 0 Å². The number of hydrogen-bond acceptors (Lipinski definition) is 3. The summed E-state index contributed by atoms with van der Waals surface area (Å²) in [5.41, 5.74) is 2.55. The highest BCUT2D eigenvalue weighted by molar-refractivity contribution is 5.84. The summed E-state index contributed by atoms with van der Waals surface area (Å²) < 4.78 is 5.79. The molecule has 1 aliphatic carbocycles. The largest absolute Gasteiger partial charge is 0.371 e. The summed E-state index contributed by atoms with van der Waals surface area (Å²) in [5, 5.41) is 2.99. The van der Waals surface area contributed by atoms with Crippen LogP contribution in [0.15, 0.2) is 24.3 Å². The first-order valence-corrected chi connectivity index (χ1v) is 7.70. The van der Waals surface area contributed by atoms with Crippen molar-refractivity contribution in [2.75, 3.05) is 6.54 Å². The maximum absolute atomic E-state index is 12.1. The van der Waals surface area contributed by atoms with Crippen molar-refractivity contribution in [2.24, 2.45) is 5.92 Å². The number of Topliss-reactive ketones (excluding diaryl/α,β-unsaturated/α-hetero) is 1. The number of nitrogens with one attached hydrogen (secondary N) is 1. The fourth-order valence-electron chi connectivity index (χ4n) is 3.10. The minimum atomic E-state index is -0.00132. The lowest BCUT2D eigenvalue weighted by atomic mass is 9.88. The van der Waals surface area contributed by atoms with Crippen LogP contribution in [0.2, 0.25) is 0 Å². The highest BCUT2D eigenvalue weighted by Crippen LogP contribution is 2.22. The minimum absolute atomic E-state index is 0.00132. The zero-order valence-electron chi connectivity index (χ0n) is 12.1. The molecule has 1 aromatic rings. The monoisotopic (exact) mass is 287 g/mol. The normalized spacial score (nSPS) is 22.7. The zero-order valence-corrected chi connectivity index (χ0v) is 12.1. The number of benzene rings is 1. The molecule has 1 N–H and O–H groups in total. The molecule has 4 nitrogen and oxygen atoms in total. The van der Waals surface area contributed by atoms with E-state index in [0.717, 1.165) is 6.42 Å². The maximum Gasteiger partial charge on any atom is 0.223 e. The molecule has 112 valence electrons. The van der Waals surface area contributed by atoms with Crippen LogP contribution in [0, 0.1) is 5.92 Å². The number of rotatable bonds is 3. The van der Waals surface area contributed by atoms with Gasteiger partial charge in [0.15, 0.2) is 0 Å². The first kappa shape index (κ1) is 14.3. The van der Waals surface area contributed by atoms with Crippen LogP contribution in [0.3, 0.4) is 0 Å². The summed E-state index contributed by atoms with van der Waals surface area (Å²) in [5.74, 6) is 0.356. The highest BCUT2D eigenvalue weighted by Gasteiger charge is 2.26. The Balaban J connectivity index is 1.48. The predicted octanol–water partition coefficient (Wildman–Crippen LogP) is 2.00. The number of ether oxygens (including phenoxy) is 1. The quantitative estimate of drug-likeness (QED) is 0.925. The summed E-state index contributed by atoms with van der Waals surface area (Å²) in [7, 11) is 0. The van der Waals surface area contributed by atoms with Gasteiger partial charge in [0.1, 0.15) is 5.78 Å². The number of fused-ring (bicyclic) bond motifs is 1. The van der Waals surface area contributed by atoms with Gasteiger partial charge in [-0.2, -0.15) is 0 Å². The molecule has 1 saturated carbocycles. The van der Waals surface area contributed by atoms with E-state index in [9.17, 15) is 9.59 Å². The fourth-order valence-corrected chi connectivity index (χ4v) is 3.10. The Morgan fingerprint density at radius 2 is 1.90 bits per heavy atom. The molecule has 0 saturated heterocycles. The molecule has 0 radical (unpaired) electrons. The van der Waals surface area contributed by atoms with Crippen molar-refractivity contribution in [1.82, 2.24) is 5.32 Å². The van der Waals surface area contributed by atoms with Gasteiger partial charge in [-0.25, -0.2) is 0 Å². The Kier molecular flexibility index (Phi) is 4.34. The molecule has 21 heavy (non-hydrogen) atoms. The Bertz CT molecular complexity index is 531. The van der Waals surface area contributed by atoms with Crippen LogP contribution < -0.4 is 5.32 Å². The Labute approximate surface area is 124 Å². The summed E-state index contributed by atoms with van der Waals surface area (Å²) in [6, 6.07) is 8.27. The first-order valence-electron chi connectivity index (χ1n) is 7.70. The molecule has 3 rings (SSSR count). The van der Waals surface area contributed by atoms with Gasteiger partial charge in [-0.1, -0.05) is 24.3 Å². The van der Waals surface area contributed by atoms with Gasteiger partial charge in [-0.15, -0.1) is 0 Å². The molecular formula is C17H21NO3. The number of amides is 1. The van der Waals surface area contributed by atoms with Gasteiger partial charge in [0.2, 0.25) is 5.91 Å². The number of ketones is 1. The zero-order chi connectivity index (χ0) is 14.7. The Morgan fingerprint density at radius 1 is 1.19 bits per heavy atom. The second-order valence-electron chi connectivity index (χ2n) is 5.96. The minimum Gasteiger partial charge on any atom is -0.371 e. The SMILES string of the molecule is O=C1CCC(C(=O)NCC2Cc3ccccc3CO2)CC1. The average molecular weight is 287 g/mol. The maximum atomic E-state index is 12.1. The Hall–Kier alpha value is -1.68. The first-order chi connectivity index (χ1) is 10.2. The van der Waals surface area contributed by atoms with Gasteiger partial charge in [0.25, 0.3) is 0 Å². The molecule has 1 amide bonds. The topological polar surface area (TPSA) is 55.4 Å². The van der Waals surface area contributed by atoms with E-state index in [4.69, 9.17) is 4.74 Å². The third-order valence-electron chi connectivity index (χ3n) is 4.46. The van der Waals surface area contributed by atoms with E-state index < -0.39 is 0 Å². The molecule has 1 unspecified atom stereocenters. The van der Waals surface area contributed by atoms with E-state index in [0.29, 0.717) is 38.8 Å². The second-order valence-corrected chi connectivity index (χ2v) is 5.96. The van der Waals surface area contributed by atoms with Crippen LogP contribution >= 0.6 is 0 Å². The van der Waals surface area contributed by atoms with Crippen molar-refractivity contribution >= 4 is 11.7 Å². The number of hydrogen-bond donors (Lipinski definition) is 1. The van der Waals surface area contributed by atoms with Crippen molar-refractivity contribution in [2.45, 2.75) is 44.8 Å². The van der Waals surface area contributed by atoms with Gasteiger partial charge in [0.05, 0.1) is 12.7 Å². The molecule has 1 fully saturated rings. The van der Waals surface area contributed by atoms with Gasteiger partial charge in [-0.3, -0.25) is 9.59 Å². The van der Waals surface area contributed by atoms with E-state index >= 15 is 0 Å². The fraction of sp³-hybridized carbons (Fsp3) is 0.529. The molecule has 1 heterocycles. The summed E-state index contributed by atoms with van der Waals surface area (Å²) in [4.78, 5) is 23.3. The van der Waals surface area contributed by atoms with Crippen LogP contribution in [-0.4, -0.2) is 24.3 Å². The summed E-state index contributed by atoms with van der Waals surface area (Å²) in [6.07, 6.45) is 3.38. The molecule has 1 atom stereocenters. The third-order valence-corrected chi connectivity index (χ3v) is 4.46. The molecule has 0 spiro atoms. The number of carbonyl (C=O) groups excluding carboxylic acids is 2. The van der Waals surface area contributed by atoms with Gasteiger partial charge in [0, 0.05) is 31.7 Å². The van der Waals surface area contributed by atoms with Crippen LogP contribution in [0.25, 0.3) is 0 Å². The molecule has 0 aromatic heterocycles. The van der Waals surface area contributed by atoms with Gasteiger partial charge in [-0.05, 0) is 24.0 Å². The molecular weight excluding hydrogens is 266 g/mol. The summed E-state index contributed by atoms with van der Waals surface area (Å²) >= 11 is 0. The molecule has 1 aromatic carbocycles. The lowest BCUT2D eigenvalue weighted by molar-refractivity contribution is -0.129. The molecule has 4 heteroatoms. The van der Waals surface area contributed by atoms with Crippen molar-refractivity contribution in [3.8, 4) is 0 Å². The predicted molar refractivity (Wildman–Crippen MR) is 78.7 cm³/mol. The lowest BCUT2D eigenvalue weighted by Crippen LogP contribution is -2.40. The summed E-state index contributed by atoms with van der Waals surface area (Å²) in [6.45, 7) is 1.17. The van der Waals surface area contributed by atoms with E-state index in [2.05, 4.69) is 17.4 Å².